The standard InChI is InChI=1S/C13H23N3O2/c17-13(15-10-3-4-10)12-9-18-7-6-16(12)8-11-2-1-5-14-11/h10-12,14H,1-9H2,(H,15,17). The summed E-state index contributed by atoms with van der Waals surface area (Å²) in [5.41, 5.74) is 0. The van der Waals surface area contributed by atoms with Gasteiger partial charge in [0.05, 0.1) is 13.2 Å². The fraction of sp³-hybridized carbons (Fsp3) is 0.923. The average molecular weight is 253 g/mol. The van der Waals surface area contributed by atoms with Gasteiger partial charge in [-0.3, -0.25) is 9.69 Å². The molecule has 2 atom stereocenters. The molecule has 1 aliphatic carbocycles. The molecule has 18 heavy (non-hydrogen) atoms. The molecule has 0 spiro atoms. The summed E-state index contributed by atoms with van der Waals surface area (Å²) >= 11 is 0. The molecule has 5 nitrogen and oxygen atoms in total. The van der Waals surface area contributed by atoms with E-state index >= 15 is 0 Å². The highest BCUT2D eigenvalue weighted by molar-refractivity contribution is 5.82. The molecule has 1 saturated carbocycles. The summed E-state index contributed by atoms with van der Waals surface area (Å²) in [5, 5.41) is 6.60. The summed E-state index contributed by atoms with van der Waals surface area (Å²) < 4.78 is 5.48. The van der Waals surface area contributed by atoms with Gasteiger partial charge in [-0.15, -0.1) is 0 Å². The number of rotatable bonds is 4. The molecular formula is C13H23N3O2. The highest BCUT2D eigenvalue weighted by atomic mass is 16.5. The monoisotopic (exact) mass is 253 g/mol. The third kappa shape index (κ3) is 3.02. The summed E-state index contributed by atoms with van der Waals surface area (Å²) in [6.45, 7) is 4.27. The molecule has 2 heterocycles. The SMILES string of the molecule is O=C(NC1CC1)C1COCCN1CC1CCCN1. The lowest BCUT2D eigenvalue weighted by atomic mass is 10.1. The van der Waals surface area contributed by atoms with Gasteiger partial charge in [-0.2, -0.15) is 0 Å². The zero-order valence-electron chi connectivity index (χ0n) is 10.9. The van der Waals surface area contributed by atoms with E-state index in [0.717, 1.165) is 39.1 Å². The number of morpholine rings is 1. The first kappa shape index (κ1) is 12.4. The second-order valence-electron chi connectivity index (χ2n) is 5.66. The fourth-order valence-corrected chi connectivity index (χ4v) is 2.82. The number of amides is 1. The summed E-state index contributed by atoms with van der Waals surface area (Å²) in [6.07, 6.45) is 4.77. The normalized spacial score (nSPS) is 33.6. The van der Waals surface area contributed by atoms with Crippen molar-refractivity contribution in [3.63, 3.8) is 0 Å². The van der Waals surface area contributed by atoms with E-state index in [4.69, 9.17) is 4.74 Å². The van der Waals surface area contributed by atoms with Crippen molar-refractivity contribution in [1.82, 2.24) is 15.5 Å². The quantitative estimate of drug-likeness (QED) is 0.723. The van der Waals surface area contributed by atoms with Crippen LogP contribution >= 0.6 is 0 Å². The van der Waals surface area contributed by atoms with Crippen LogP contribution in [0.15, 0.2) is 0 Å². The lowest BCUT2D eigenvalue weighted by Crippen LogP contribution is -2.56. The number of nitrogens with zero attached hydrogens (tertiary/aromatic N) is 1. The van der Waals surface area contributed by atoms with E-state index in [0.29, 0.717) is 18.7 Å². The maximum atomic E-state index is 12.2. The van der Waals surface area contributed by atoms with Crippen LogP contribution in [-0.4, -0.2) is 61.8 Å². The maximum absolute atomic E-state index is 12.2. The summed E-state index contributed by atoms with van der Waals surface area (Å²) in [6, 6.07) is 0.909. The second-order valence-corrected chi connectivity index (χ2v) is 5.66. The largest absolute Gasteiger partial charge is 0.378 e. The van der Waals surface area contributed by atoms with Crippen molar-refractivity contribution < 1.29 is 9.53 Å². The van der Waals surface area contributed by atoms with Crippen molar-refractivity contribution in [1.29, 1.82) is 0 Å². The predicted octanol–water partition coefficient (Wildman–Crippen LogP) is -0.282. The van der Waals surface area contributed by atoms with Gasteiger partial charge in [0.15, 0.2) is 0 Å². The number of carbonyl (C=O) groups is 1. The van der Waals surface area contributed by atoms with E-state index < -0.39 is 0 Å². The van der Waals surface area contributed by atoms with Crippen LogP contribution in [0.25, 0.3) is 0 Å². The second kappa shape index (κ2) is 5.55. The first-order valence-electron chi connectivity index (χ1n) is 7.18. The molecule has 0 aromatic rings. The molecule has 1 amide bonds. The van der Waals surface area contributed by atoms with Gasteiger partial charge in [-0.1, -0.05) is 0 Å². The van der Waals surface area contributed by atoms with Crippen LogP contribution in [0.1, 0.15) is 25.7 Å². The van der Waals surface area contributed by atoms with Gasteiger partial charge in [-0.25, -0.2) is 0 Å². The van der Waals surface area contributed by atoms with E-state index in [2.05, 4.69) is 15.5 Å². The lowest BCUT2D eigenvalue weighted by Gasteiger charge is -2.36. The van der Waals surface area contributed by atoms with Crippen LogP contribution in [0, 0.1) is 0 Å². The first-order chi connectivity index (χ1) is 8.83. The molecule has 2 unspecified atom stereocenters. The summed E-state index contributed by atoms with van der Waals surface area (Å²) in [4.78, 5) is 14.5. The summed E-state index contributed by atoms with van der Waals surface area (Å²) in [5.74, 6) is 0.162. The number of nitrogens with one attached hydrogen (secondary N) is 2. The molecule has 2 aliphatic heterocycles. The van der Waals surface area contributed by atoms with Gasteiger partial charge in [0, 0.05) is 25.2 Å². The Hall–Kier alpha value is -0.650. The molecule has 3 aliphatic rings. The van der Waals surface area contributed by atoms with Gasteiger partial charge >= 0.3 is 0 Å². The van der Waals surface area contributed by atoms with Crippen molar-refractivity contribution in [3.8, 4) is 0 Å². The third-order valence-electron chi connectivity index (χ3n) is 4.08. The maximum Gasteiger partial charge on any atom is 0.239 e. The molecule has 102 valence electrons. The Balaban J connectivity index is 1.55. The van der Waals surface area contributed by atoms with E-state index in [9.17, 15) is 4.79 Å². The van der Waals surface area contributed by atoms with Gasteiger partial charge in [0.1, 0.15) is 6.04 Å². The fourth-order valence-electron chi connectivity index (χ4n) is 2.82. The van der Waals surface area contributed by atoms with Crippen LogP contribution in [0.4, 0.5) is 0 Å². The summed E-state index contributed by atoms with van der Waals surface area (Å²) in [7, 11) is 0. The van der Waals surface area contributed by atoms with Gasteiger partial charge in [0.25, 0.3) is 0 Å². The van der Waals surface area contributed by atoms with Crippen molar-refractivity contribution in [2.45, 2.75) is 43.8 Å². The predicted molar refractivity (Wildman–Crippen MR) is 68.4 cm³/mol. The van der Waals surface area contributed by atoms with Crippen LogP contribution < -0.4 is 10.6 Å². The Bertz CT molecular complexity index is 301. The van der Waals surface area contributed by atoms with E-state index in [-0.39, 0.29) is 11.9 Å². The Labute approximate surface area is 108 Å². The molecule has 0 bridgehead atoms. The molecule has 0 aromatic heterocycles. The molecule has 5 heteroatoms. The zero-order valence-corrected chi connectivity index (χ0v) is 10.9. The van der Waals surface area contributed by atoms with Crippen molar-refractivity contribution in [2.75, 3.05) is 32.8 Å². The minimum atomic E-state index is -0.0817. The average Bonchev–Trinajstić information content (AvgIpc) is 3.04. The van der Waals surface area contributed by atoms with Crippen molar-refractivity contribution in [2.24, 2.45) is 0 Å². The number of hydrogen-bond donors (Lipinski definition) is 2. The Morgan fingerprint density at radius 2 is 2.28 bits per heavy atom. The van der Waals surface area contributed by atoms with Gasteiger partial charge in [-0.05, 0) is 32.2 Å². The topological polar surface area (TPSA) is 53.6 Å². The Morgan fingerprint density at radius 1 is 1.39 bits per heavy atom. The lowest BCUT2D eigenvalue weighted by molar-refractivity contribution is -0.132. The van der Waals surface area contributed by atoms with E-state index in [1.807, 2.05) is 0 Å². The molecule has 2 saturated heterocycles. The number of carbonyl (C=O) groups excluding carboxylic acids is 1. The van der Waals surface area contributed by atoms with Crippen LogP contribution in [0.2, 0.25) is 0 Å². The van der Waals surface area contributed by atoms with Crippen LogP contribution in [0.5, 0.6) is 0 Å². The van der Waals surface area contributed by atoms with Crippen LogP contribution in [-0.2, 0) is 9.53 Å². The molecular weight excluding hydrogens is 230 g/mol. The number of hydrogen-bond acceptors (Lipinski definition) is 4. The van der Waals surface area contributed by atoms with Crippen LogP contribution in [0.3, 0.4) is 0 Å². The van der Waals surface area contributed by atoms with Gasteiger partial charge in [0.2, 0.25) is 5.91 Å². The molecule has 3 rings (SSSR count). The highest BCUT2D eigenvalue weighted by Gasteiger charge is 2.34. The third-order valence-corrected chi connectivity index (χ3v) is 4.08. The highest BCUT2D eigenvalue weighted by Crippen LogP contribution is 2.20. The minimum Gasteiger partial charge on any atom is -0.378 e. The molecule has 3 fully saturated rings. The number of ether oxygens (including phenoxy) is 1. The first-order valence-corrected chi connectivity index (χ1v) is 7.18. The van der Waals surface area contributed by atoms with Crippen molar-refractivity contribution in [3.05, 3.63) is 0 Å². The smallest absolute Gasteiger partial charge is 0.239 e. The Kier molecular flexibility index (Phi) is 3.82. The molecule has 2 N–H and O–H groups in total. The zero-order chi connectivity index (χ0) is 12.4. The Morgan fingerprint density at radius 3 is 3.00 bits per heavy atom. The van der Waals surface area contributed by atoms with E-state index in [1.165, 1.54) is 12.8 Å². The van der Waals surface area contributed by atoms with Gasteiger partial charge < -0.3 is 15.4 Å². The molecule has 0 aromatic carbocycles. The van der Waals surface area contributed by atoms with Crippen molar-refractivity contribution >= 4 is 5.91 Å². The molecule has 0 radical (unpaired) electrons. The minimum absolute atomic E-state index is 0.0817. The van der Waals surface area contributed by atoms with E-state index in [1.54, 1.807) is 0 Å².